The van der Waals surface area contributed by atoms with Gasteiger partial charge in [0, 0.05) is 25.8 Å². The van der Waals surface area contributed by atoms with E-state index in [9.17, 15) is 18.0 Å². The first kappa shape index (κ1) is 23.3. The van der Waals surface area contributed by atoms with E-state index in [0.717, 1.165) is 24.7 Å². The summed E-state index contributed by atoms with van der Waals surface area (Å²) in [7, 11) is -3.61. The van der Waals surface area contributed by atoms with Gasteiger partial charge < -0.3 is 9.47 Å². The summed E-state index contributed by atoms with van der Waals surface area (Å²) < 4.78 is 36.9. The van der Waals surface area contributed by atoms with E-state index < -0.39 is 22.0 Å². The van der Waals surface area contributed by atoms with Crippen molar-refractivity contribution in [2.24, 2.45) is 0 Å². The largest absolute Gasteiger partial charge is 0.423 e. The van der Waals surface area contributed by atoms with E-state index in [0.29, 0.717) is 12.1 Å². The number of unbranched alkanes of at least 4 members (excludes halogenated alkanes) is 1. The Labute approximate surface area is 176 Å². The zero-order valence-corrected chi connectivity index (χ0v) is 17.8. The molecule has 0 fully saturated rings. The molecule has 0 amide bonds. The van der Waals surface area contributed by atoms with Gasteiger partial charge >= 0.3 is 11.9 Å². The van der Waals surface area contributed by atoms with Crippen LogP contribution in [0.5, 0.6) is 11.5 Å². The maximum atomic E-state index is 12.2. The summed E-state index contributed by atoms with van der Waals surface area (Å²) in [4.78, 5) is 22.4. The van der Waals surface area contributed by atoms with Crippen LogP contribution in [-0.2, 0) is 26.0 Å². The first-order valence-electron chi connectivity index (χ1n) is 9.48. The van der Waals surface area contributed by atoms with Crippen molar-refractivity contribution >= 4 is 28.0 Å². The number of ether oxygens (including phenoxy) is 2. The van der Waals surface area contributed by atoms with Gasteiger partial charge in [0.2, 0.25) is 10.0 Å². The maximum Gasteiger partial charge on any atom is 0.308 e. The van der Waals surface area contributed by atoms with Crippen LogP contribution in [0.1, 0.15) is 37.8 Å². The molecular weight excluding hydrogens is 406 g/mol. The average molecular weight is 432 g/mol. The number of aryl methyl sites for hydroxylation is 1. The third kappa shape index (κ3) is 8.59. The van der Waals surface area contributed by atoms with Gasteiger partial charge in [-0.15, -0.1) is 0 Å². The van der Waals surface area contributed by atoms with Crippen molar-refractivity contribution in [1.82, 2.24) is 4.72 Å². The van der Waals surface area contributed by atoms with Gasteiger partial charge in [-0.25, -0.2) is 13.1 Å². The highest BCUT2D eigenvalue weighted by Crippen LogP contribution is 2.29. The molecule has 1 N–H and O–H groups in total. The first-order valence-corrected chi connectivity index (χ1v) is 11.0. The van der Waals surface area contributed by atoms with Crippen molar-refractivity contribution in [3.63, 3.8) is 0 Å². The van der Waals surface area contributed by atoms with Gasteiger partial charge in [0.05, 0.1) is 0 Å². The van der Waals surface area contributed by atoms with Crippen LogP contribution in [0, 0.1) is 0 Å². The van der Waals surface area contributed by atoms with Crippen molar-refractivity contribution in [1.29, 1.82) is 0 Å². The summed E-state index contributed by atoms with van der Waals surface area (Å²) >= 11 is 0. The second kappa shape index (κ2) is 11.3. The SMILES string of the molecule is CC(=O)Oc1ccc(/C=C/S(=O)(=O)NCCCCc2ccccc2)cc1OC(C)=O. The van der Waals surface area contributed by atoms with E-state index in [2.05, 4.69) is 4.72 Å². The predicted octanol–water partition coefficient (Wildman–Crippen LogP) is 3.45. The second-order valence-corrected chi connectivity index (χ2v) is 8.23. The van der Waals surface area contributed by atoms with Crippen molar-refractivity contribution < 1.29 is 27.5 Å². The summed E-state index contributed by atoms with van der Waals surface area (Å²) in [6.07, 6.45) is 3.86. The molecule has 0 spiro atoms. The predicted molar refractivity (Wildman–Crippen MR) is 114 cm³/mol. The molecular formula is C22H25NO6S. The van der Waals surface area contributed by atoms with E-state index in [1.54, 1.807) is 6.07 Å². The molecule has 7 nitrogen and oxygen atoms in total. The number of benzene rings is 2. The minimum absolute atomic E-state index is 0.0334. The number of rotatable bonds is 10. The molecule has 0 aliphatic heterocycles. The smallest absolute Gasteiger partial charge is 0.308 e. The zero-order chi connectivity index (χ0) is 22.0. The zero-order valence-electron chi connectivity index (χ0n) is 17.0. The van der Waals surface area contributed by atoms with Crippen LogP contribution in [0.25, 0.3) is 6.08 Å². The van der Waals surface area contributed by atoms with E-state index in [4.69, 9.17) is 9.47 Å². The molecule has 0 unspecified atom stereocenters. The number of hydrogen-bond donors (Lipinski definition) is 1. The van der Waals surface area contributed by atoms with Gasteiger partial charge in [0.15, 0.2) is 11.5 Å². The average Bonchev–Trinajstić information content (AvgIpc) is 2.68. The molecule has 2 aromatic carbocycles. The highest BCUT2D eigenvalue weighted by Gasteiger charge is 2.11. The monoisotopic (exact) mass is 431 g/mol. The fourth-order valence-corrected chi connectivity index (χ4v) is 3.49. The van der Waals surface area contributed by atoms with E-state index in [1.165, 1.54) is 37.6 Å². The van der Waals surface area contributed by atoms with Crippen LogP contribution >= 0.6 is 0 Å². The maximum absolute atomic E-state index is 12.2. The molecule has 0 saturated carbocycles. The summed E-state index contributed by atoms with van der Waals surface area (Å²) in [5.41, 5.74) is 1.69. The lowest BCUT2D eigenvalue weighted by molar-refractivity contribution is -0.134. The highest BCUT2D eigenvalue weighted by molar-refractivity contribution is 7.92. The van der Waals surface area contributed by atoms with Gasteiger partial charge in [-0.2, -0.15) is 0 Å². The van der Waals surface area contributed by atoms with Gasteiger partial charge in [-0.05, 0) is 48.6 Å². The lowest BCUT2D eigenvalue weighted by Gasteiger charge is -2.09. The van der Waals surface area contributed by atoms with Crippen LogP contribution < -0.4 is 14.2 Å². The Kier molecular flexibility index (Phi) is 8.76. The minimum Gasteiger partial charge on any atom is -0.423 e. The van der Waals surface area contributed by atoms with Crippen LogP contribution in [0.2, 0.25) is 0 Å². The molecule has 0 radical (unpaired) electrons. The molecule has 0 bridgehead atoms. The molecule has 0 aromatic heterocycles. The van der Waals surface area contributed by atoms with Crippen LogP contribution in [0.15, 0.2) is 53.9 Å². The number of esters is 2. The van der Waals surface area contributed by atoms with Crippen LogP contribution in [-0.4, -0.2) is 26.9 Å². The quantitative estimate of drug-likeness (QED) is 0.351. The van der Waals surface area contributed by atoms with Gasteiger partial charge in [-0.3, -0.25) is 9.59 Å². The number of hydrogen-bond acceptors (Lipinski definition) is 6. The Morgan fingerprint density at radius 3 is 2.27 bits per heavy atom. The normalized spacial score (nSPS) is 11.4. The topological polar surface area (TPSA) is 98.8 Å². The first-order chi connectivity index (χ1) is 14.2. The summed E-state index contributed by atoms with van der Waals surface area (Å²) in [6, 6.07) is 14.4. The summed E-state index contributed by atoms with van der Waals surface area (Å²) in [5.74, 6) is -1.04. The van der Waals surface area contributed by atoms with Gasteiger partial charge in [0.25, 0.3) is 0 Å². The van der Waals surface area contributed by atoms with Gasteiger partial charge in [0.1, 0.15) is 0 Å². The lowest BCUT2D eigenvalue weighted by atomic mass is 10.1. The molecule has 160 valence electrons. The highest BCUT2D eigenvalue weighted by atomic mass is 32.2. The number of carbonyl (C=O) groups is 2. The van der Waals surface area contributed by atoms with Gasteiger partial charge in [-0.1, -0.05) is 36.4 Å². The Morgan fingerprint density at radius 2 is 1.60 bits per heavy atom. The molecule has 0 saturated heterocycles. The van der Waals surface area contributed by atoms with Crippen molar-refractivity contribution in [2.75, 3.05) is 6.54 Å². The molecule has 2 aromatic rings. The standard InChI is InChI=1S/C22H25NO6S/c1-17(24)28-21-12-11-20(16-22(21)29-18(2)25)13-15-30(26,27)23-14-7-6-10-19-8-4-3-5-9-19/h3-5,8-9,11-13,15-16,23H,6-7,10,14H2,1-2H3/b15-13+. The second-order valence-electron chi connectivity index (χ2n) is 6.58. The molecule has 2 rings (SSSR count). The molecule has 8 heteroatoms. The van der Waals surface area contributed by atoms with Crippen molar-refractivity contribution in [3.05, 3.63) is 65.1 Å². The lowest BCUT2D eigenvalue weighted by Crippen LogP contribution is -2.22. The van der Waals surface area contributed by atoms with Crippen molar-refractivity contribution in [2.45, 2.75) is 33.1 Å². The fraction of sp³-hybridized carbons (Fsp3) is 0.273. The Bertz CT molecular complexity index is 1000. The number of sulfonamides is 1. The minimum atomic E-state index is -3.61. The Hall–Kier alpha value is -2.97. The Morgan fingerprint density at radius 1 is 0.933 bits per heavy atom. The number of carbonyl (C=O) groups excluding carboxylic acids is 2. The third-order valence-electron chi connectivity index (χ3n) is 3.95. The fourth-order valence-electron chi connectivity index (χ4n) is 2.63. The molecule has 0 aliphatic carbocycles. The molecule has 30 heavy (non-hydrogen) atoms. The molecule has 0 atom stereocenters. The number of nitrogens with one attached hydrogen (secondary N) is 1. The molecule has 0 heterocycles. The summed E-state index contributed by atoms with van der Waals surface area (Å²) in [5, 5.41) is 1.04. The van der Waals surface area contributed by atoms with Crippen molar-refractivity contribution in [3.8, 4) is 11.5 Å². The molecule has 0 aliphatic rings. The van der Waals surface area contributed by atoms with E-state index >= 15 is 0 Å². The summed E-state index contributed by atoms with van der Waals surface area (Å²) in [6.45, 7) is 2.78. The third-order valence-corrected chi connectivity index (χ3v) is 5.05. The van der Waals surface area contributed by atoms with E-state index in [1.807, 2.05) is 30.3 Å². The van der Waals surface area contributed by atoms with E-state index in [-0.39, 0.29) is 11.5 Å². The Balaban J connectivity index is 1.92. The van der Waals surface area contributed by atoms with Crippen LogP contribution in [0.4, 0.5) is 0 Å². The van der Waals surface area contributed by atoms with Crippen LogP contribution in [0.3, 0.4) is 0 Å².